The number of nitrogens with zero attached hydrogens (tertiary/aromatic N) is 1. The molecule has 2 aromatic carbocycles. The zero-order valence-electron chi connectivity index (χ0n) is 13.8. The van der Waals surface area contributed by atoms with Crippen molar-refractivity contribution in [2.75, 3.05) is 13.9 Å². The standard InChI is InChI=1S/C19H18N2O4/c1-22-15-5-3-14(4-6-15)17-9-16(25-21-17)11-20-10-13-2-7-18-19(8-13)24-12-23-18/h2-9,20H,10-12H2,1H3. The lowest BCUT2D eigenvalue weighted by atomic mass is 10.1. The Labute approximate surface area is 145 Å². The van der Waals surface area contributed by atoms with Gasteiger partial charge in [0.2, 0.25) is 6.79 Å². The number of hydrogen-bond donors (Lipinski definition) is 1. The van der Waals surface area contributed by atoms with Gasteiger partial charge in [0.05, 0.1) is 13.7 Å². The predicted octanol–water partition coefficient (Wildman–Crippen LogP) is 3.37. The molecular formula is C19H18N2O4. The van der Waals surface area contributed by atoms with Crippen molar-refractivity contribution in [2.45, 2.75) is 13.1 Å². The second kappa shape index (κ2) is 6.86. The third-order valence-corrected chi connectivity index (χ3v) is 4.01. The quantitative estimate of drug-likeness (QED) is 0.743. The van der Waals surface area contributed by atoms with Crippen molar-refractivity contribution < 1.29 is 18.7 Å². The molecule has 4 rings (SSSR count). The van der Waals surface area contributed by atoms with Crippen molar-refractivity contribution in [1.82, 2.24) is 10.5 Å². The first kappa shape index (κ1) is 15.5. The summed E-state index contributed by atoms with van der Waals surface area (Å²) in [5, 5.41) is 7.46. The number of methoxy groups -OCH3 is 1. The zero-order valence-corrected chi connectivity index (χ0v) is 13.8. The molecule has 1 N–H and O–H groups in total. The third kappa shape index (κ3) is 3.44. The van der Waals surface area contributed by atoms with Crippen molar-refractivity contribution in [2.24, 2.45) is 0 Å². The van der Waals surface area contributed by atoms with E-state index in [2.05, 4.69) is 10.5 Å². The van der Waals surface area contributed by atoms with Crippen LogP contribution in [0.15, 0.2) is 53.1 Å². The minimum atomic E-state index is 0.290. The maximum absolute atomic E-state index is 5.40. The van der Waals surface area contributed by atoms with Crippen LogP contribution < -0.4 is 19.5 Å². The maximum atomic E-state index is 5.40. The van der Waals surface area contributed by atoms with Gasteiger partial charge in [0.15, 0.2) is 17.3 Å². The van der Waals surface area contributed by atoms with Gasteiger partial charge < -0.3 is 24.1 Å². The van der Waals surface area contributed by atoms with Gasteiger partial charge in [-0.15, -0.1) is 0 Å². The van der Waals surface area contributed by atoms with Crippen LogP contribution in [0.1, 0.15) is 11.3 Å². The van der Waals surface area contributed by atoms with Crippen LogP contribution in [0, 0.1) is 0 Å². The van der Waals surface area contributed by atoms with Crippen molar-refractivity contribution in [3.63, 3.8) is 0 Å². The van der Waals surface area contributed by atoms with Crippen molar-refractivity contribution in [3.8, 4) is 28.5 Å². The highest BCUT2D eigenvalue weighted by atomic mass is 16.7. The summed E-state index contributed by atoms with van der Waals surface area (Å²) in [6.07, 6.45) is 0. The van der Waals surface area contributed by atoms with Crippen LogP contribution in [-0.4, -0.2) is 19.1 Å². The second-order valence-corrected chi connectivity index (χ2v) is 5.70. The molecule has 0 atom stereocenters. The van der Waals surface area contributed by atoms with Crippen LogP contribution in [0.4, 0.5) is 0 Å². The van der Waals surface area contributed by atoms with Gasteiger partial charge in [-0.2, -0.15) is 0 Å². The Morgan fingerprint density at radius 3 is 2.68 bits per heavy atom. The normalized spacial score (nSPS) is 12.4. The number of fused-ring (bicyclic) bond motifs is 1. The van der Waals surface area contributed by atoms with E-state index in [1.807, 2.05) is 48.5 Å². The Balaban J connectivity index is 1.35. The fraction of sp³-hybridized carbons (Fsp3) is 0.211. The first-order chi connectivity index (χ1) is 12.3. The lowest BCUT2D eigenvalue weighted by Gasteiger charge is -2.04. The molecule has 0 radical (unpaired) electrons. The zero-order chi connectivity index (χ0) is 17.1. The van der Waals surface area contributed by atoms with Crippen molar-refractivity contribution >= 4 is 0 Å². The van der Waals surface area contributed by atoms with E-state index in [1.165, 1.54) is 0 Å². The van der Waals surface area contributed by atoms with E-state index in [9.17, 15) is 0 Å². The molecule has 0 saturated carbocycles. The summed E-state index contributed by atoms with van der Waals surface area (Å²) in [5.41, 5.74) is 2.92. The number of aromatic nitrogens is 1. The van der Waals surface area contributed by atoms with Crippen LogP contribution in [-0.2, 0) is 13.1 Å². The lowest BCUT2D eigenvalue weighted by molar-refractivity contribution is 0.174. The highest BCUT2D eigenvalue weighted by Gasteiger charge is 2.13. The lowest BCUT2D eigenvalue weighted by Crippen LogP contribution is -2.12. The Bertz CT molecular complexity index is 858. The largest absolute Gasteiger partial charge is 0.497 e. The Kier molecular flexibility index (Phi) is 4.26. The van der Waals surface area contributed by atoms with Gasteiger partial charge >= 0.3 is 0 Å². The number of benzene rings is 2. The molecule has 0 aliphatic carbocycles. The van der Waals surface area contributed by atoms with E-state index in [-0.39, 0.29) is 0 Å². The van der Waals surface area contributed by atoms with Crippen molar-refractivity contribution in [3.05, 3.63) is 59.9 Å². The van der Waals surface area contributed by atoms with E-state index in [1.54, 1.807) is 7.11 Å². The fourth-order valence-electron chi connectivity index (χ4n) is 2.68. The molecule has 0 bridgehead atoms. The van der Waals surface area contributed by atoms with Crippen LogP contribution >= 0.6 is 0 Å². The number of ether oxygens (including phenoxy) is 3. The first-order valence-corrected chi connectivity index (χ1v) is 8.01. The molecule has 1 aliphatic rings. The summed E-state index contributed by atoms with van der Waals surface area (Å²) in [6, 6.07) is 15.6. The Morgan fingerprint density at radius 1 is 1.00 bits per heavy atom. The fourth-order valence-corrected chi connectivity index (χ4v) is 2.68. The summed E-state index contributed by atoms with van der Waals surface area (Å²) in [7, 11) is 1.65. The average Bonchev–Trinajstić information content (AvgIpc) is 3.31. The topological polar surface area (TPSA) is 65.8 Å². The van der Waals surface area contributed by atoms with Crippen LogP contribution in [0.25, 0.3) is 11.3 Å². The molecule has 0 unspecified atom stereocenters. The van der Waals surface area contributed by atoms with Gasteiger partial charge in [0.1, 0.15) is 11.4 Å². The van der Waals surface area contributed by atoms with Gasteiger partial charge in [-0.05, 0) is 42.0 Å². The van der Waals surface area contributed by atoms with E-state index in [0.717, 1.165) is 39.8 Å². The van der Waals surface area contributed by atoms with E-state index in [4.69, 9.17) is 18.7 Å². The molecule has 1 aliphatic heterocycles. The first-order valence-electron chi connectivity index (χ1n) is 8.01. The summed E-state index contributed by atoms with van der Waals surface area (Å²) in [6.45, 7) is 1.59. The highest BCUT2D eigenvalue weighted by Crippen LogP contribution is 2.32. The van der Waals surface area contributed by atoms with Gasteiger partial charge in [0.25, 0.3) is 0 Å². The minimum Gasteiger partial charge on any atom is -0.497 e. The number of nitrogens with one attached hydrogen (secondary N) is 1. The van der Waals surface area contributed by atoms with E-state index < -0.39 is 0 Å². The summed E-state index contributed by atoms with van der Waals surface area (Å²) in [4.78, 5) is 0. The molecule has 6 nitrogen and oxygen atoms in total. The summed E-state index contributed by atoms with van der Waals surface area (Å²) < 4.78 is 21.3. The van der Waals surface area contributed by atoms with Gasteiger partial charge in [-0.1, -0.05) is 11.2 Å². The highest BCUT2D eigenvalue weighted by molar-refractivity contribution is 5.59. The molecular weight excluding hydrogens is 320 g/mol. The molecule has 2 heterocycles. The van der Waals surface area contributed by atoms with Gasteiger partial charge in [-0.25, -0.2) is 0 Å². The number of hydrogen-bond acceptors (Lipinski definition) is 6. The molecule has 1 aromatic heterocycles. The van der Waals surface area contributed by atoms with Crippen molar-refractivity contribution in [1.29, 1.82) is 0 Å². The molecule has 0 spiro atoms. The smallest absolute Gasteiger partial charge is 0.231 e. The van der Waals surface area contributed by atoms with Crippen LogP contribution in [0.3, 0.4) is 0 Å². The van der Waals surface area contributed by atoms with Gasteiger partial charge in [-0.3, -0.25) is 0 Å². The molecule has 3 aromatic rings. The molecule has 128 valence electrons. The molecule has 6 heteroatoms. The molecule has 0 amide bonds. The Morgan fingerprint density at radius 2 is 1.84 bits per heavy atom. The summed E-state index contributed by atoms with van der Waals surface area (Å²) >= 11 is 0. The maximum Gasteiger partial charge on any atom is 0.231 e. The second-order valence-electron chi connectivity index (χ2n) is 5.70. The van der Waals surface area contributed by atoms with E-state index >= 15 is 0 Å². The van der Waals surface area contributed by atoms with Gasteiger partial charge in [0, 0.05) is 18.2 Å². The van der Waals surface area contributed by atoms with Crippen LogP contribution in [0.5, 0.6) is 17.2 Å². The SMILES string of the molecule is COc1ccc(-c2cc(CNCc3ccc4c(c3)OCO4)on2)cc1. The molecule has 0 saturated heterocycles. The van der Waals surface area contributed by atoms with E-state index in [0.29, 0.717) is 19.9 Å². The summed E-state index contributed by atoms with van der Waals surface area (Å²) in [5.74, 6) is 3.19. The minimum absolute atomic E-state index is 0.290. The molecule has 25 heavy (non-hydrogen) atoms. The monoisotopic (exact) mass is 338 g/mol. The molecule has 0 fully saturated rings. The third-order valence-electron chi connectivity index (χ3n) is 4.01. The predicted molar refractivity (Wildman–Crippen MR) is 91.6 cm³/mol. The number of rotatable bonds is 6. The average molecular weight is 338 g/mol. The Hall–Kier alpha value is -2.99. The van der Waals surface area contributed by atoms with Crippen LogP contribution in [0.2, 0.25) is 0 Å².